The minimum absolute atomic E-state index is 0.728. The zero-order chi connectivity index (χ0) is 21.0. The van der Waals surface area contributed by atoms with E-state index in [1.807, 2.05) is 0 Å². The molecule has 30 heavy (non-hydrogen) atoms. The second-order valence-electron chi connectivity index (χ2n) is 10.3. The van der Waals surface area contributed by atoms with Crippen LogP contribution >= 0.6 is 0 Å². The van der Waals surface area contributed by atoms with Crippen LogP contribution in [-0.4, -0.2) is 0 Å². The summed E-state index contributed by atoms with van der Waals surface area (Å²) in [4.78, 5) is 0. The number of benzene rings is 1. The minimum Gasteiger partial charge on any atom is -0.216 e. The van der Waals surface area contributed by atoms with Crippen molar-refractivity contribution in [1.29, 1.82) is 0 Å². The van der Waals surface area contributed by atoms with E-state index in [-0.39, 0.29) is 0 Å². The summed E-state index contributed by atoms with van der Waals surface area (Å²) in [6.07, 6.45) is 24.0. The second kappa shape index (κ2) is 13.3. The van der Waals surface area contributed by atoms with Crippen LogP contribution < -0.4 is 0 Å². The van der Waals surface area contributed by atoms with E-state index in [1.54, 1.807) is 11.6 Å². The van der Waals surface area contributed by atoms with Gasteiger partial charge in [-0.15, -0.1) is 0 Å². The molecule has 0 bridgehead atoms. The van der Waals surface area contributed by atoms with Crippen molar-refractivity contribution in [3.8, 4) is 0 Å². The van der Waals surface area contributed by atoms with E-state index in [2.05, 4.69) is 31.2 Å². The maximum Gasteiger partial charge on any atom is 0.0827 e. The Hall–Kier alpha value is -1.11. The molecule has 0 radical (unpaired) electrons. The van der Waals surface area contributed by atoms with E-state index < -0.39 is 0 Å². The van der Waals surface area contributed by atoms with Gasteiger partial charge in [-0.1, -0.05) is 82.2 Å². The molecular weight excluding hydrogens is 367 g/mol. The molecule has 2 aliphatic carbocycles. The predicted molar refractivity (Wildman–Crippen MR) is 129 cm³/mol. The SMILES string of the molecule is CCCCCCc1ccc([C@H]2CC[C@H](CC[C@H]3CC[C@H](CC=CF)CC3)CC2)cc1. The standard InChI is InChI=1S/C29H45F/c1-2-3-4-5-7-24-15-19-28(20-16-24)29-21-17-27(18-22-29)14-13-26-11-9-25(10-12-26)8-6-23-30/h6,15-16,19-20,23,25-27,29H,2-5,7-14,17-18,21-22H2,1H3/t25-,26-,27-,29-. The van der Waals surface area contributed by atoms with Gasteiger partial charge in [0.2, 0.25) is 0 Å². The van der Waals surface area contributed by atoms with Crippen LogP contribution in [0.15, 0.2) is 36.7 Å². The molecule has 0 N–H and O–H groups in total. The first-order valence-corrected chi connectivity index (χ1v) is 13.1. The van der Waals surface area contributed by atoms with Crippen LogP contribution in [0, 0.1) is 17.8 Å². The molecule has 0 saturated heterocycles. The summed E-state index contributed by atoms with van der Waals surface area (Å²) in [6, 6.07) is 9.65. The van der Waals surface area contributed by atoms with Crippen molar-refractivity contribution >= 4 is 0 Å². The van der Waals surface area contributed by atoms with E-state index >= 15 is 0 Å². The summed E-state index contributed by atoms with van der Waals surface area (Å²) in [5, 5.41) is 0. The number of hydrogen-bond donors (Lipinski definition) is 0. The largest absolute Gasteiger partial charge is 0.216 e. The molecule has 168 valence electrons. The van der Waals surface area contributed by atoms with E-state index in [4.69, 9.17) is 0 Å². The number of unbranched alkanes of at least 4 members (excludes halogenated alkanes) is 3. The Morgan fingerprint density at radius 1 is 0.767 bits per heavy atom. The molecule has 0 unspecified atom stereocenters. The molecule has 2 saturated carbocycles. The third kappa shape index (κ3) is 7.86. The highest BCUT2D eigenvalue weighted by molar-refractivity contribution is 5.26. The Balaban J connectivity index is 1.31. The lowest BCUT2D eigenvalue weighted by molar-refractivity contribution is 0.231. The third-order valence-corrected chi connectivity index (χ3v) is 8.12. The predicted octanol–water partition coefficient (Wildman–Crippen LogP) is 9.54. The molecule has 0 spiro atoms. The van der Waals surface area contributed by atoms with Crippen LogP contribution in [0.25, 0.3) is 0 Å². The van der Waals surface area contributed by atoms with Gasteiger partial charge in [-0.3, -0.25) is 0 Å². The van der Waals surface area contributed by atoms with Gasteiger partial charge in [-0.2, -0.15) is 0 Å². The van der Waals surface area contributed by atoms with E-state index in [9.17, 15) is 4.39 Å². The number of halogens is 1. The highest BCUT2D eigenvalue weighted by Crippen LogP contribution is 2.40. The highest BCUT2D eigenvalue weighted by Gasteiger charge is 2.25. The fourth-order valence-electron chi connectivity index (χ4n) is 5.97. The zero-order valence-electron chi connectivity index (χ0n) is 19.5. The molecule has 3 rings (SSSR count). The Morgan fingerprint density at radius 3 is 1.97 bits per heavy atom. The molecule has 0 amide bonds. The van der Waals surface area contributed by atoms with Crippen molar-refractivity contribution < 1.29 is 4.39 Å². The van der Waals surface area contributed by atoms with Gasteiger partial charge in [0.1, 0.15) is 0 Å². The lowest BCUT2D eigenvalue weighted by atomic mass is 9.74. The molecular formula is C29H45F. The molecule has 1 heteroatoms. The lowest BCUT2D eigenvalue weighted by Gasteiger charge is -2.32. The van der Waals surface area contributed by atoms with Gasteiger partial charge in [0.15, 0.2) is 0 Å². The van der Waals surface area contributed by atoms with Gasteiger partial charge in [-0.25, -0.2) is 4.39 Å². The lowest BCUT2D eigenvalue weighted by Crippen LogP contribution is -2.17. The van der Waals surface area contributed by atoms with Gasteiger partial charge >= 0.3 is 0 Å². The van der Waals surface area contributed by atoms with Crippen molar-refractivity contribution in [3.05, 3.63) is 47.8 Å². The number of hydrogen-bond acceptors (Lipinski definition) is 0. The summed E-state index contributed by atoms with van der Waals surface area (Å²) in [5.74, 6) is 3.45. The zero-order valence-corrected chi connectivity index (χ0v) is 19.5. The molecule has 0 nitrogen and oxygen atoms in total. The fraction of sp³-hybridized carbons (Fsp3) is 0.724. The van der Waals surface area contributed by atoms with Crippen molar-refractivity contribution in [2.75, 3.05) is 0 Å². The molecule has 0 aliphatic heterocycles. The maximum atomic E-state index is 12.2. The third-order valence-electron chi connectivity index (χ3n) is 8.12. The van der Waals surface area contributed by atoms with Gasteiger partial charge in [0, 0.05) is 0 Å². The number of rotatable bonds is 11. The summed E-state index contributed by atoms with van der Waals surface area (Å²) in [5.41, 5.74) is 3.12. The monoisotopic (exact) mass is 412 g/mol. The Bertz CT molecular complexity index is 585. The highest BCUT2D eigenvalue weighted by atomic mass is 19.1. The summed E-state index contributed by atoms with van der Waals surface area (Å²) < 4.78 is 12.2. The van der Waals surface area contributed by atoms with Crippen molar-refractivity contribution in [3.63, 3.8) is 0 Å². The first-order valence-electron chi connectivity index (χ1n) is 13.1. The fourth-order valence-corrected chi connectivity index (χ4v) is 5.97. The molecule has 2 aliphatic rings. The molecule has 2 fully saturated rings. The van der Waals surface area contributed by atoms with Gasteiger partial charge in [0.05, 0.1) is 6.33 Å². The average Bonchev–Trinajstić information content (AvgIpc) is 2.81. The molecule has 0 aromatic heterocycles. The second-order valence-corrected chi connectivity index (χ2v) is 10.3. The Kier molecular flexibility index (Phi) is 10.5. The average molecular weight is 413 g/mol. The van der Waals surface area contributed by atoms with Crippen molar-refractivity contribution in [2.24, 2.45) is 17.8 Å². The van der Waals surface area contributed by atoms with E-state index in [0.29, 0.717) is 0 Å². The quantitative estimate of drug-likeness (QED) is 0.317. The van der Waals surface area contributed by atoms with Crippen LogP contribution in [0.4, 0.5) is 4.39 Å². The van der Waals surface area contributed by atoms with Crippen LogP contribution in [0.1, 0.15) is 120 Å². The first kappa shape index (κ1) is 23.6. The van der Waals surface area contributed by atoms with E-state index in [1.165, 1.54) is 102 Å². The smallest absolute Gasteiger partial charge is 0.0827 e. The van der Waals surface area contributed by atoms with Crippen LogP contribution in [0.3, 0.4) is 0 Å². The maximum absolute atomic E-state index is 12.2. The molecule has 0 heterocycles. The van der Waals surface area contributed by atoms with Gasteiger partial charge < -0.3 is 0 Å². The topological polar surface area (TPSA) is 0 Å². The number of aryl methyl sites for hydroxylation is 1. The molecule has 1 aromatic rings. The first-order chi connectivity index (χ1) is 14.8. The molecule has 1 aromatic carbocycles. The van der Waals surface area contributed by atoms with Gasteiger partial charge in [-0.05, 0) is 92.6 Å². The van der Waals surface area contributed by atoms with Crippen molar-refractivity contribution in [1.82, 2.24) is 0 Å². The van der Waals surface area contributed by atoms with E-state index in [0.717, 1.165) is 36.4 Å². The Labute approximate surface area is 185 Å². The summed E-state index contributed by atoms with van der Waals surface area (Å²) in [6.45, 7) is 2.28. The number of allylic oxidation sites excluding steroid dienone is 1. The molecule has 0 atom stereocenters. The van der Waals surface area contributed by atoms with Gasteiger partial charge in [0.25, 0.3) is 0 Å². The summed E-state index contributed by atoms with van der Waals surface area (Å²) >= 11 is 0. The normalized spacial score (nSPS) is 27.5. The van der Waals surface area contributed by atoms with Crippen molar-refractivity contribution in [2.45, 2.75) is 116 Å². The minimum atomic E-state index is 0.728. The van der Waals surface area contributed by atoms with Crippen LogP contribution in [0.2, 0.25) is 0 Å². The van der Waals surface area contributed by atoms with Crippen LogP contribution in [-0.2, 0) is 6.42 Å². The van der Waals surface area contributed by atoms with Crippen LogP contribution in [0.5, 0.6) is 0 Å². The Morgan fingerprint density at radius 2 is 1.37 bits per heavy atom. The summed E-state index contributed by atoms with van der Waals surface area (Å²) in [7, 11) is 0.